The number of rotatable bonds is 3. The van der Waals surface area contributed by atoms with Crippen LogP contribution in [0.15, 0.2) is 22.6 Å². The van der Waals surface area contributed by atoms with Gasteiger partial charge < -0.3 is 15.5 Å². The number of oxazole rings is 1. The van der Waals surface area contributed by atoms with E-state index in [4.69, 9.17) is 10.2 Å². The fraction of sp³-hybridized carbons (Fsp3) is 0.111. The molecule has 2 heterocycles. The Morgan fingerprint density at radius 2 is 2.35 bits per heavy atom. The van der Waals surface area contributed by atoms with Crippen LogP contribution in [-0.2, 0) is 6.54 Å². The maximum atomic E-state index is 5.77. The lowest BCUT2D eigenvalue weighted by Crippen LogP contribution is -2.01. The molecule has 0 spiro atoms. The van der Waals surface area contributed by atoms with Gasteiger partial charge in [-0.15, -0.1) is 10.2 Å². The molecule has 2 aromatic heterocycles. The number of fused-ring (bicyclic) bond motifs is 1. The third-order valence-electron chi connectivity index (χ3n) is 2.24. The molecule has 0 saturated carbocycles. The summed E-state index contributed by atoms with van der Waals surface area (Å²) in [5, 5.41) is 16.3. The van der Waals surface area contributed by atoms with Crippen LogP contribution in [0, 0.1) is 0 Å². The smallest absolute Gasteiger partial charge is 0.296 e. The summed E-state index contributed by atoms with van der Waals surface area (Å²) in [6.07, 6.45) is 0. The van der Waals surface area contributed by atoms with Crippen LogP contribution in [0.5, 0.6) is 0 Å². The number of H-pyrrole nitrogens is 1. The lowest BCUT2D eigenvalue weighted by Gasteiger charge is -1.94. The average Bonchev–Trinajstić information content (AvgIpc) is 2.95. The first-order valence-electron chi connectivity index (χ1n) is 4.94. The summed E-state index contributed by atoms with van der Waals surface area (Å²) in [7, 11) is 0. The van der Waals surface area contributed by atoms with Gasteiger partial charge in [0.2, 0.25) is 0 Å². The molecular formula is C9H9N7O. The van der Waals surface area contributed by atoms with Crippen molar-refractivity contribution in [2.24, 2.45) is 0 Å². The largest absolute Gasteiger partial charge is 0.423 e. The Hall–Kier alpha value is -2.64. The fourth-order valence-electron chi connectivity index (χ4n) is 1.46. The Labute approximate surface area is 95.2 Å². The van der Waals surface area contributed by atoms with Crippen LogP contribution in [0.3, 0.4) is 0 Å². The molecular weight excluding hydrogens is 222 g/mol. The summed E-state index contributed by atoms with van der Waals surface area (Å²) >= 11 is 0. The van der Waals surface area contributed by atoms with Crippen molar-refractivity contribution in [3.8, 4) is 0 Å². The average molecular weight is 231 g/mol. The van der Waals surface area contributed by atoms with Gasteiger partial charge in [0.1, 0.15) is 5.52 Å². The molecule has 0 bridgehead atoms. The van der Waals surface area contributed by atoms with Crippen molar-refractivity contribution in [1.29, 1.82) is 0 Å². The number of nitrogens with one attached hydrogen (secondary N) is 2. The predicted molar refractivity (Wildman–Crippen MR) is 59.9 cm³/mol. The van der Waals surface area contributed by atoms with Crippen LogP contribution in [0.1, 0.15) is 5.82 Å². The highest BCUT2D eigenvalue weighted by Crippen LogP contribution is 2.23. The van der Waals surface area contributed by atoms with Crippen LogP contribution in [0.25, 0.3) is 11.1 Å². The second-order valence-electron chi connectivity index (χ2n) is 3.39. The van der Waals surface area contributed by atoms with E-state index in [0.717, 1.165) is 0 Å². The lowest BCUT2D eigenvalue weighted by molar-refractivity contribution is 0.613. The van der Waals surface area contributed by atoms with Crippen LogP contribution >= 0.6 is 0 Å². The van der Waals surface area contributed by atoms with Crippen LogP contribution < -0.4 is 11.1 Å². The third kappa shape index (κ3) is 1.75. The minimum atomic E-state index is 0.378. The molecule has 8 nitrogen and oxygen atoms in total. The Bertz CT molecular complexity index is 630. The first-order chi connectivity index (χ1) is 8.33. The van der Waals surface area contributed by atoms with Gasteiger partial charge in [-0.3, -0.25) is 0 Å². The molecule has 8 heteroatoms. The number of hydrogen-bond donors (Lipinski definition) is 3. The SMILES string of the molecule is Nc1cccc2oc(NCc3nn[nH]n3)nc12. The molecule has 3 rings (SSSR count). The highest BCUT2D eigenvalue weighted by atomic mass is 16.4. The Morgan fingerprint density at radius 3 is 3.12 bits per heavy atom. The summed E-state index contributed by atoms with van der Waals surface area (Å²) in [6.45, 7) is 0.378. The molecule has 0 aliphatic rings. The maximum absolute atomic E-state index is 5.77. The highest BCUT2D eigenvalue weighted by Gasteiger charge is 2.08. The quantitative estimate of drug-likeness (QED) is 0.562. The minimum Gasteiger partial charge on any atom is -0.423 e. The van der Waals surface area contributed by atoms with Crippen molar-refractivity contribution in [2.75, 3.05) is 11.1 Å². The molecule has 0 aliphatic carbocycles. The van der Waals surface area contributed by atoms with E-state index in [1.165, 1.54) is 0 Å². The number of para-hydroxylation sites is 1. The van der Waals surface area contributed by atoms with Crippen molar-refractivity contribution in [2.45, 2.75) is 6.54 Å². The monoisotopic (exact) mass is 231 g/mol. The van der Waals surface area contributed by atoms with Crippen molar-refractivity contribution in [1.82, 2.24) is 25.6 Å². The fourth-order valence-corrected chi connectivity index (χ4v) is 1.46. The standard InChI is InChI=1S/C9H9N7O/c10-5-2-1-3-6-8(5)12-9(17-6)11-4-7-13-15-16-14-7/h1-3H,4,10H2,(H,11,12)(H,13,14,15,16). The van der Waals surface area contributed by atoms with Gasteiger partial charge in [-0.25, -0.2) is 0 Å². The van der Waals surface area contributed by atoms with E-state index in [1.807, 2.05) is 6.07 Å². The topological polar surface area (TPSA) is 119 Å². The zero-order valence-corrected chi connectivity index (χ0v) is 8.71. The number of tetrazole rings is 1. The van der Waals surface area contributed by atoms with Crippen LogP contribution in [0.4, 0.5) is 11.7 Å². The predicted octanol–water partition coefficient (Wildman–Crippen LogP) is 0.535. The van der Waals surface area contributed by atoms with E-state index in [-0.39, 0.29) is 0 Å². The summed E-state index contributed by atoms with van der Waals surface area (Å²) < 4.78 is 5.46. The van der Waals surface area contributed by atoms with Gasteiger partial charge in [-0.2, -0.15) is 10.2 Å². The van der Waals surface area contributed by atoms with Gasteiger partial charge in [0, 0.05) is 0 Å². The van der Waals surface area contributed by atoms with Crippen molar-refractivity contribution in [3.05, 3.63) is 24.0 Å². The van der Waals surface area contributed by atoms with Gasteiger partial charge in [0.05, 0.1) is 12.2 Å². The van der Waals surface area contributed by atoms with Crippen LogP contribution in [0.2, 0.25) is 0 Å². The zero-order valence-electron chi connectivity index (χ0n) is 8.71. The molecule has 0 aliphatic heterocycles. The Kier molecular flexibility index (Phi) is 2.11. The maximum Gasteiger partial charge on any atom is 0.296 e. The van der Waals surface area contributed by atoms with E-state index in [1.54, 1.807) is 12.1 Å². The van der Waals surface area contributed by atoms with E-state index in [2.05, 4.69) is 30.9 Å². The molecule has 0 radical (unpaired) electrons. The number of anilines is 2. The Balaban J connectivity index is 1.84. The summed E-state index contributed by atoms with van der Waals surface area (Å²) in [5.74, 6) is 0.528. The third-order valence-corrected chi connectivity index (χ3v) is 2.24. The van der Waals surface area contributed by atoms with Crippen molar-refractivity contribution < 1.29 is 4.42 Å². The molecule has 4 N–H and O–H groups in total. The first kappa shape index (κ1) is 9.58. The number of nitrogen functional groups attached to an aromatic ring is 1. The van der Waals surface area contributed by atoms with Crippen molar-refractivity contribution in [3.63, 3.8) is 0 Å². The number of nitrogens with zero attached hydrogens (tertiary/aromatic N) is 4. The number of aromatic amines is 1. The second-order valence-corrected chi connectivity index (χ2v) is 3.39. The van der Waals surface area contributed by atoms with Gasteiger partial charge in [-0.05, 0) is 12.1 Å². The summed E-state index contributed by atoms with van der Waals surface area (Å²) in [4.78, 5) is 4.22. The second kappa shape index (κ2) is 3.74. The van der Waals surface area contributed by atoms with E-state index < -0.39 is 0 Å². The molecule has 1 aromatic carbocycles. The molecule has 17 heavy (non-hydrogen) atoms. The van der Waals surface area contributed by atoms with Crippen molar-refractivity contribution >= 4 is 22.8 Å². The van der Waals surface area contributed by atoms with Gasteiger partial charge in [0.15, 0.2) is 11.4 Å². The van der Waals surface area contributed by atoms with E-state index in [0.29, 0.717) is 35.2 Å². The Morgan fingerprint density at radius 1 is 1.41 bits per heavy atom. The number of aromatic nitrogens is 5. The van der Waals surface area contributed by atoms with Gasteiger partial charge >= 0.3 is 0 Å². The summed E-state index contributed by atoms with van der Waals surface area (Å²) in [5.41, 5.74) is 7.63. The molecule has 3 aromatic rings. The minimum absolute atomic E-state index is 0.378. The zero-order chi connectivity index (χ0) is 11.7. The molecule has 86 valence electrons. The van der Waals surface area contributed by atoms with Crippen LogP contribution in [-0.4, -0.2) is 25.6 Å². The summed E-state index contributed by atoms with van der Waals surface area (Å²) in [6, 6.07) is 5.76. The number of hydrogen-bond acceptors (Lipinski definition) is 7. The number of nitrogens with two attached hydrogens (primary N) is 1. The molecule has 0 unspecified atom stereocenters. The molecule has 0 saturated heterocycles. The number of benzene rings is 1. The van der Waals surface area contributed by atoms with Gasteiger partial charge in [-0.1, -0.05) is 11.3 Å². The van der Waals surface area contributed by atoms with Gasteiger partial charge in [0.25, 0.3) is 6.01 Å². The lowest BCUT2D eigenvalue weighted by atomic mass is 10.3. The molecule has 0 atom stereocenters. The molecule has 0 amide bonds. The molecule has 0 fully saturated rings. The highest BCUT2D eigenvalue weighted by molar-refractivity contribution is 5.86. The van der Waals surface area contributed by atoms with E-state index >= 15 is 0 Å². The van der Waals surface area contributed by atoms with E-state index in [9.17, 15) is 0 Å². The normalized spacial score (nSPS) is 10.8. The first-order valence-corrected chi connectivity index (χ1v) is 4.94.